The van der Waals surface area contributed by atoms with Crippen LogP contribution in [0.5, 0.6) is 0 Å². The Morgan fingerprint density at radius 2 is 2.16 bits per heavy atom. The normalized spacial score (nSPS) is 10.6. The monoisotopic (exact) mass is 296 g/mol. The van der Waals surface area contributed by atoms with Crippen molar-refractivity contribution in [2.75, 3.05) is 5.75 Å². The zero-order valence-corrected chi connectivity index (χ0v) is 11.9. The van der Waals surface area contributed by atoms with Crippen molar-refractivity contribution in [3.8, 4) is 11.4 Å². The van der Waals surface area contributed by atoms with Crippen LogP contribution in [0.2, 0.25) is 5.02 Å². The second kappa shape index (κ2) is 6.08. The summed E-state index contributed by atoms with van der Waals surface area (Å²) in [7, 11) is 0. The zero-order chi connectivity index (χ0) is 13.8. The van der Waals surface area contributed by atoms with Crippen LogP contribution in [0.15, 0.2) is 29.4 Å². The molecule has 0 aliphatic carbocycles. The van der Waals surface area contributed by atoms with E-state index >= 15 is 0 Å². The van der Waals surface area contributed by atoms with Gasteiger partial charge in [-0.05, 0) is 19.1 Å². The molecule has 1 amide bonds. The van der Waals surface area contributed by atoms with Crippen LogP contribution in [-0.2, 0) is 11.3 Å². The Kier molecular flexibility index (Phi) is 4.44. The molecule has 100 valence electrons. The quantitative estimate of drug-likeness (QED) is 0.858. The van der Waals surface area contributed by atoms with Crippen LogP contribution in [0, 0.1) is 0 Å². The van der Waals surface area contributed by atoms with Gasteiger partial charge < -0.3 is 10.3 Å². The Hall–Kier alpha value is -1.53. The van der Waals surface area contributed by atoms with Crippen molar-refractivity contribution in [3.05, 3.63) is 29.3 Å². The van der Waals surface area contributed by atoms with E-state index in [1.807, 2.05) is 35.8 Å². The highest BCUT2D eigenvalue weighted by Crippen LogP contribution is 2.28. The van der Waals surface area contributed by atoms with Gasteiger partial charge in [0.2, 0.25) is 5.91 Å². The maximum atomic E-state index is 10.8. The number of thioether (sulfide) groups is 1. The summed E-state index contributed by atoms with van der Waals surface area (Å²) in [5.41, 5.74) is 5.96. The third-order valence-electron chi connectivity index (χ3n) is 2.49. The molecule has 0 aliphatic heterocycles. The molecule has 2 rings (SSSR count). The van der Waals surface area contributed by atoms with Crippen LogP contribution in [0.25, 0.3) is 11.4 Å². The van der Waals surface area contributed by atoms with Crippen LogP contribution in [0.3, 0.4) is 0 Å². The van der Waals surface area contributed by atoms with Crippen molar-refractivity contribution in [1.82, 2.24) is 14.8 Å². The maximum absolute atomic E-state index is 10.8. The van der Waals surface area contributed by atoms with Crippen molar-refractivity contribution < 1.29 is 4.79 Å². The first-order valence-electron chi connectivity index (χ1n) is 5.72. The van der Waals surface area contributed by atoms with Gasteiger partial charge in [0.15, 0.2) is 11.0 Å². The van der Waals surface area contributed by atoms with Gasteiger partial charge >= 0.3 is 0 Å². The first kappa shape index (κ1) is 13.9. The maximum Gasteiger partial charge on any atom is 0.227 e. The molecule has 0 atom stereocenters. The molecule has 0 fully saturated rings. The summed E-state index contributed by atoms with van der Waals surface area (Å²) in [5.74, 6) is 0.496. The smallest absolute Gasteiger partial charge is 0.227 e. The second-order valence-corrected chi connectivity index (χ2v) is 5.13. The molecule has 0 saturated heterocycles. The number of aromatic nitrogens is 3. The van der Waals surface area contributed by atoms with Crippen molar-refractivity contribution in [3.63, 3.8) is 0 Å². The summed E-state index contributed by atoms with van der Waals surface area (Å²) in [5, 5.41) is 9.52. The molecule has 5 nitrogen and oxygen atoms in total. The van der Waals surface area contributed by atoms with Crippen LogP contribution >= 0.6 is 23.4 Å². The van der Waals surface area contributed by atoms with E-state index in [-0.39, 0.29) is 11.7 Å². The molecule has 7 heteroatoms. The zero-order valence-electron chi connectivity index (χ0n) is 10.3. The van der Waals surface area contributed by atoms with Crippen molar-refractivity contribution in [2.24, 2.45) is 5.73 Å². The van der Waals surface area contributed by atoms with Gasteiger partial charge in [-0.1, -0.05) is 35.5 Å². The lowest BCUT2D eigenvalue weighted by molar-refractivity contribution is -0.115. The van der Waals surface area contributed by atoms with Gasteiger partial charge in [0.1, 0.15) is 0 Å². The highest BCUT2D eigenvalue weighted by molar-refractivity contribution is 7.99. The molecule has 0 spiro atoms. The third kappa shape index (κ3) is 3.08. The van der Waals surface area contributed by atoms with E-state index in [2.05, 4.69) is 10.2 Å². The lowest BCUT2D eigenvalue weighted by atomic mass is 10.2. The first-order valence-corrected chi connectivity index (χ1v) is 7.09. The van der Waals surface area contributed by atoms with Gasteiger partial charge in [0.05, 0.1) is 10.8 Å². The minimum absolute atomic E-state index is 0.181. The van der Waals surface area contributed by atoms with Gasteiger partial charge in [-0.15, -0.1) is 10.2 Å². The van der Waals surface area contributed by atoms with Crippen LogP contribution in [0.4, 0.5) is 0 Å². The number of hydrogen-bond acceptors (Lipinski definition) is 4. The highest BCUT2D eigenvalue weighted by atomic mass is 35.5. The van der Waals surface area contributed by atoms with Crippen molar-refractivity contribution >= 4 is 29.3 Å². The summed E-state index contributed by atoms with van der Waals surface area (Å²) in [4.78, 5) is 10.8. The topological polar surface area (TPSA) is 73.8 Å². The minimum Gasteiger partial charge on any atom is -0.369 e. The van der Waals surface area contributed by atoms with E-state index in [1.54, 1.807) is 0 Å². The number of carbonyl (C=O) groups excluding carboxylic acids is 1. The molecule has 19 heavy (non-hydrogen) atoms. The second-order valence-electron chi connectivity index (χ2n) is 3.79. The highest BCUT2D eigenvalue weighted by Gasteiger charge is 2.15. The molecule has 0 radical (unpaired) electrons. The summed E-state index contributed by atoms with van der Waals surface area (Å²) in [6.45, 7) is 2.67. The number of halogens is 1. The van der Waals surface area contributed by atoms with E-state index in [0.717, 1.165) is 5.56 Å². The number of hydrogen-bond donors (Lipinski definition) is 1. The van der Waals surface area contributed by atoms with Crippen LogP contribution in [-0.4, -0.2) is 26.4 Å². The Balaban J connectivity index is 2.37. The Morgan fingerprint density at radius 3 is 2.79 bits per heavy atom. The Labute approximate surface area is 120 Å². The van der Waals surface area contributed by atoms with E-state index in [1.165, 1.54) is 11.8 Å². The number of amides is 1. The number of nitrogens with two attached hydrogens (primary N) is 1. The van der Waals surface area contributed by atoms with E-state index in [9.17, 15) is 4.79 Å². The molecule has 0 aliphatic rings. The van der Waals surface area contributed by atoms with Gasteiger partial charge in [-0.25, -0.2) is 0 Å². The first-order chi connectivity index (χ1) is 9.13. The molecule has 1 aromatic carbocycles. The molecule has 2 aromatic rings. The van der Waals surface area contributed by atoms with Gasteiger partial charge in [-0.2, -0.15) is 0 Å². The van der Waals surface area contributed by atoms with Crippen molar-refractivity contribution in [1.29, 1.82) is 0 Å². The van der Waals surface area contributed by atoms with E-state index in [4.69, 9.17) is 17.3 Å². The fourth-order valence-corrected chi connectivity index (χ4v) is 2.62. The third-order valence-corrected chi connectivity index (χ3v) is 3.81. The largest absolute Gasteiger partial charge is 0.369 e. The number of rotatable bonds is 5. The van der Waals surface area contributed by atoms with Gasteiger partial charge in [0, 0.05) is 12.1 Å². The lowest BCUT2D eigenvalue weighted by Gasteiger charge is -2.07. The predicted molar refractivity (Wildman–Crippen MR) is 76.1 cm³/mol. The van der Waals surface area contributed by atoms with Gasteiger partial charge in [-0.3, -0.25) is 4.79 Å². The molecule has 0 bridgehead atoms. The Bertz CT molecular complexity index is 599. The summed E-state index contributed by atoms with van der Waals surface area (Å²) >= 11 is 7.44. The standard InChI is InChI=1S/C12H13ClN4OS/c1-2-17-11(8-5-3-4-6-9(8)13)15-16-12(17)19-7-10(14)18/h3-6H,2,7H2,1H3,(H2,14,18). The average molecular weight is 297 g/mol. The summed E-state index contributed by atoms with van der Waals surface area (Å²) in [6, 6.07) is 7.45. The van der Waals surface area contributed by atoms with E-state index in [0.29, 0.717) is 22.5 Å². The Morgan fingerprint density at radius 1 is 1.42 bits per heavy atom. The molecule has 0 unspecified atom stereocenters. The van der Waals surface area contributed by atoms with Crippen molar-refractivity contribution in [2.45, 2.75) is 18.6 Å². The molecule has 2 N–H and O–H groups in total. The van der Waals surface area contributed by atoms with Crippen LogP contribution < -0.4 is 5.73 Å². The minimum atomic E-state index is -0.380. The average Bonchev–Trinajstić information content (AvgIpc) is 2.79. The fourth-order valence-electron chi connectivity index (χ4n) is 1.66. The predicted octanol–water partition coefficient (Wildman–Crippen LogP) is 2.20. The number of nitrogens with zero attached hydrogens (tertiary/aromatic N) is 3. The fraction of sp³-hybridized carbons (Fsp3) is 0.250. The molecule has 1 heterocycles. The molecular formula is C12H13ClN4OS. The van der Waals surface area contributed by atoms with Gasteiger partial charge in [0.25, 0.3) is 0 Å². The lowest BCUT2D eigenvalue weighted by Crippen LogP contribution is -2.13. The number of carbonyl (C=O) groups is 1. The SMILES string of the molecule is CCn1c(SCC(N)=O)nnc1-c1ccccc1Cl. The van der Waals surface area contributed by atoms with Crippen LogP contribution in [0.1, 0.15) is 6.92 Å². The van der Waals surface area contributed by atoms with E-state index < -0.39 is 0 Å². The summed E-state index contributed by atoms with van der Waals surface area (Å²) in [6.07, 6.45) is 0. The number of primary amides is 1. The summed E-state index contributed by atoms with van der Waals surface area (Å²) < 4.78 is 1.91. The molecule has 0 saturated carbocycles. The number of benzene rings is 1. The molecule has 1 aromatic heterocycles. The molecular weight excluding hydrogens is 284 g/mol.